The van der Waals surface area contributed by atoms with Crippen molar-refractivity contribution in [2.75, 3.05) is 5.32 Å². The number of aromatic amines is 1. The van der Waals surface area contributed by atoms with Crippen LogP contribution in [0.3, 0.4) is 0 Å². The highest BCUT2D eigenvalue weighted by molar-refractivity contribution is 6.35. The van der Waals surface area contributed by atoms with Gasteiger partial charge in [0.25, 0.3) is 5.56 Å². The Hall–Kier alpha value is -3.71. The van der Waals surface area contributed by atoms with Crippen molar-refractivity contribution in [1.29, 1.82) is 0 Å². The number of H-pyrrole nitrogens is 1. The third-order valence-electron chi connectivity index (χ3n) is 4.97. The highest BCUT2D eigenvalue weighted by atomic mass is 35.5. The molecule has 1 atom stereocenters. The molecular formula is C22H17ClN6O. The Bertz CT molecular complexity index is 1430. The van der Waals surface area contributed by atoms with Gasteiger partial charge < -0.3 is 10.3 Å². The van der Waals surface area contributed by atoms with E-state index in [0.717, 1.165) is 11.0 Å². The van der Waals surface area contributed by atoms with Gasteiger partial charge >= 0.3 is 0 Å². The Labute approximate surface area is 176 Å². The lowest BCUT2D eigenvalue weighted by Crippen LogP contribution is -2.27. The number of nitrogens with one attached hydrogen (secondary N) is 2. The first-order chi connectivity index (χ1) is 14.6. The maximum absolute atomic E-state index is 13.5. The van der Waals surface area contributed by atoms with Crippen molar-refractivity contribution in [1.82, 2.24) is 24.5 Å². The smallest absolute Gasteiger partial charge is 0.267 e. The number of rotatable bonds is 4. The van der Waals surface area contributed by atoms with E-state index in [2.05, 4.69) is 20.3 Å². The summed E-state index contributed by atoms with van der Waals surface area (Å²) >= 11 is 6.35. The van der Waals surface area contributed by atoms with E-state index in [1.54, 1.807) is 22.8 Å². The second kappa shape index (κ2) is 7.27. The van der Waals surface area contributed by atoms with Gasteiger partial charge in [0.15, 0.2) is 5.82 Å². The second-order valence-electron chi connectivity index (χ2n) is 6.91. The van der Waals surface area contributed by atoms with Crippen LogP contribution in [0.2, 0.25) is 5.02 Å². The third kappa shape index (κ3) is 3.00. The number of nitrogens with zero attached hydrogens (tertiary/aromatic N) is 4. The molecule has 3 heterocycles. The number of benzene rings is 2. The van der Waals surface area contributed by atoms with Crippen molar-refractivity contribution in [3.8, 4) is 5.69 Å². The minimum atomic E-state index is -0.331. The van der Waals surface area contributed by atoms with Crippen LogP contribution in [0.1, 0.15) is 18.8 Å². The summed E-state index contributed by atoms with van der Waals surface area (Å²) < 4.78 is 1.60. The van der Waals surface area contributed by atoms with Gasteiger partial charge in [-0.3, -0.25) is 9.36 Å². The molecule has 30 heavy (non-hydrogen) atoms. The van der Waals surface area contributed by atoms with Crippen LogP contribution >= 0.6 is 11.6 Å². The van der Waals surface area contributed by atoms with Crippen LogP contribution in [-0.4, -0.2) is 24.5 Å². The summed E-state index contributed by atoms with van der Waals surface area (Å²) in [6, 6.07) is 16.2. The predicted molar refractivity (Wildman–Crippen MR) is 118 cm³/mol. The molecule has 2 N–H and O–H groups in total. The zero-order chi connectivity index (χ0) is 20.7. The summed E-state index contributed by atoms with van der Waals surface area (Å²) in [6.07, 6.45) is 3.31. The first-order valence-electron chi connectivity index (χ1n) is 9.44. The van der Waals surface area contributed by atoms with Crippen molar-refractivity contribution in [3.63, 3.8) is 0 Å². The fourth-order valence-corrected chi connectivity index (χ4v) is 3.83. The number of hydrogen-bond acceptors (Lipinski definition) is 5. The fraction of sp³-hybridized carbons (Fsp3) is 0.0909. The molecule has 5 aromatic rings. The lowest BCUT2D eigenvalue weighted by molar-refractivity contribution is 0.732. The summed E-state index contributed by atoms with van der Waals surface area (Å²) in [4.78, 5) is 30.0. The van der Waals surface area contributed by atoms with Crippen LogP contribution in [0.15, 0.2) is 71.9 Å². The molecule has 0 saturated carbocycles. The van der Waals surface area contributed by atoms with E-state index in [4.69, 9.17) is 16.6 Å². The Morgan fingerprint density at radius 3 is 2.70 bits per heavy atom. The molecule has 2 aromatic carbocycles. The minimum Gasteiger partial charge on any atom is -0.359 e. The van der Waals surface area contributed by atoms with E-state index < -0.39 is 0 Å². The number of anilines is 1. The summed E-state index contributed by atoms with van der Waals surface area (Å²) in [5, 5.41) is 4.14. The molecule has 0 aliphatic carbocycles. The van der Waals surface area contributed by atoms with Gasteiger partial charge in [0, 0.05) is 6.20 Å². The van der Waals surface area contributed by atoms with Gasteiger partial charge in [0.05, 0.1) is 33.2 Å². The van der Waals surface area contributed by atoms with E-state index >= 15 is 0 Å². The molecule has 5 rings (SSSR count). The van der Waals surface area contributed by atoms with Gasteiger partial charge in [-0.1, -0.05) is 35.9 Å². The Kier molecular flexibility index (Phi) is 4.44. The van der Waals surface area contributed by atoms with E-state index in [1.807, 2.05) is 49.5 Å². The molecule has 8 heteroatoms. The molecule has 148 valence electrons. The molecular weight excluding hydrogens is 400 g/mol. The predicted octanol–water partition coefficient (Wildman–Crippen LogP) is 4.48. The van der Waals surface area contributed by atoms with E-state index in [-0.39, 0.29) is 11.6 Å². The topological polar surface area (TPSA) is 88.5 Å². The molecule has 0 bridgehead atoms. The number of para-hydroxylation sites is 1. The largest absolute Gasteiger partial charge is 0.359 e. The quantitative estimate of drug-likeness (QED) is 0.451. The third-order valence-corrected chi connectivity index (χ3v) is 5.29. The average molecular weight is 417 g/mol. The summed E-state index contributed by atoms with van der Waals surface area (Å²) in [6.45, 7) is 1.94. The van der Waals surface area contributed by atoms with E-state index in [9.17, 15) is 4.79 Å². The Morgan fingerprint density at radius 2 is 1.87 bits per heavy atom. The lowest BCUT2D eigenvalue weighted by atomic mass is 10.2. The summed E-state index contributed by atoms with van der Waals surface area (Å²) in [5.74, 6) is 1.19. The normalized spacial score (nSPS) is 12.3. The highest BCUT2D eigenvalue weighted by Gasteiger charge is 2.20. The zero-order valence-corrected chi connectivity index (χ0v) is 16.8. The van der Waals surface area contributed by atoms with Crippen molar-refractivity contribution in [2.45, 2.75) is 13.0 Å². The summed E-state index contributed by atoms with van der Waals surface area (Å²) in [5.41, 5.74) is 2.65. The van der Waals surface area contributed by atoms with E-state index in [0.29, 0.717) is 33.3 Å². The number of hydrogen-bond donors (Lipinski definition) is 2. The van der Waals surface area contributed by atoms with Gasteiger partial charge in [0.1, 0.15) is 17.7 Å². The SMILES string of the molecule is C[C@H](Nc1ncnc2cc[nH]c12)c1nc2cccc(Cl)c2c(=O)n1-c1ccccc1. The Balaban J connectivity index is 1.71. The number of fused-ring (bicyclic) bond motifs is 2. The first-order valence-corrected chi connectivity index (χ1v) is 9.82. The maximum Gasteiger partial charge on any atom is 0.267 e. The standard InChI is InChI=1S/C22H17ClN6O/c1-13(27-20-19-17(10-11-24-19)25-12-26-20)21-28-16-9-5-8-15(23)18(16)22(30)29(21)14-6-3-2-4-7-14/h2-13,24H,1H3,(H,25,26,27)/t13-/m0/s1. The molecule has 3 aromatic heterocycles. The zero-order valence-electron chi connectivity index (χ0n) is 16.0. The van der Waals surface area contributed by atoms with Crippen molar-refractivity contribution in [2.24, 2.45) is 0 Å². The molecule has 0 aliphatic heterocycles. The van der Waals surface area contributed by atoms with Gasteiger partial charge in [-0.25, -0.2) is 15.0 Å². The molecule has 0 unspecified atom stereocenters. The van der Waals surface area contributed by atoms with Crippen molar-refractivity contribution in [3.05, 3.63) is 88.3 Å². The van der Waals surface area contributed by atoms with Crippen LogP contribution in [0.25, 0.3) is 27.6 Å². The van der Waals surface area contributed by atoms with Crippen LogP contribution < -0.4 is 10.9 Å². The number of halogens is 1. The molecule has 0 aliphatic rings. The highest BCUT2D eigenvalue weighted by Crippen LogP contribution is 2.26. The van der Waals surface area contributed by atoms with Crippen LogP contribution in [-0.2, 0) is 0 Å². The second-order valence-corrected chi connectivity index (χ2v) is 7.31. The molecule has 0 saturated heterocycles. The monoisotopic (exact) mass is 416 g/mol. The first kappa shape index (κ1) is 18.3. The lowest BCUT2D eigenvalue weighted by Gasteiger charge is -2.20. The van der Waals surface area contributed by atoms with Gasteiger partial charge in [0.2, 0.25) is 0 Å². The van der Waals surface area contributed by atoms with Gasteiger partial charge in [-0.2, -0.15) is 0 Å². The molecule has 0 fully saturated rings. The molecule has 0 spiro atoms. The number of aromatic nitrogens is 5. The molecule has 0 radical (unpaired) electrons. The Morgan fingerprint density at radius 1 is 1.03 bits per heavy atom. The van der Waals surface area contributed by atoms with Crippen LogP contribution in [0, 0.1) is 0 Å². The average Bonchev–Trinajstić information content (AvgIpc) is 3.24. The molecule has 7 nitrogen and oxygen atoms in total. The maximum atomic E-state index is 13.5. The van der Waals surface area contributed by atoms with Crippen LogP contribution in [0.5, 0.6) is 0 Å². The van der Waals surface area contributed by atoms with Gasteiger partial charge in [-0.15, -0.1) is 0 Å². The molecule has 0 amide bonds. The fourth-order valence-electron chi connectivity index (χ4n) is 3.57. The summed E-state index contributed by atoms with van der Waals surface area (Å²) in [7, 11) is 0. The van der Waals surface area contributed by atoms with Crippen LogP contribution in [0.4, 0.5) is 5.82 Å². The van der Waals surface area contributed by atoms with E-state index in [1.165, 1.54) is 6.33 Å². The van der Waals surface area contributed by atoms with Gasteiger partial charge in [-0.05, 0) is 37.3 Å². The van der Waals surface area contributed by atoms with Crippen molar-refractivity contribution >= 4 is 39.4 Å². The van der Waals surface area contributed by atoms with Crippen molar-refractivity contribution < 1.29 is 0 Å². The minimum absolute atomic E-state index is 0.215.